The first-order valence-electron chi connectivity index (χ1n) is 2.07. The normalized spacial score (nSPS) is 13.0. The predicted molar refractivity (Wildman–Crippen MR) is 30.9 cm³/mol. The maximum Gasteiger partial charge on any atom is 0.261 e. The van der Waals surface area contributed by atoms with E-state index in [1.54, 1.807) is 0 Å². The summed E-state index contributed by atoms with van der Waals surface area (Å²) in [5.74, 6) is 0.177. The summed E-state index contributed by atoms with van der Waals surface area (Å²) < 4.78 is 24.7. The van der Waals surface area contributed by atoms with Gasteiger partial charge in [-0.1, -0.05) is 5.16 Å². The third-order valence-corrected chi connectivity index (χ3v) is 1.00. The Labute approximate surface area is 53.5 Å². The summed E-state index contributed by atoms with van der Waals surface area (Å²) in [5.41, 5.74) is 0. The van der Waals surface area contributed by atoms with Crippen LogP contribution in [0.5, 0.6) is 0 Å². The summed E-state index contributed by atoms with van der Waals surface area (Å²) in [6, 6.07) is 1.44. The van der Waals surface area contributed by atoms with E-state index in [-0.39, 0.29) is 5.88 Å². The summed E-state index contributed by atoms with van der Waals surface area (Å²) in [7, 11) is 0. The van der Waals surface area contributed by atoms with E-state index in [1.807, 2.05) is 0 Å². The molecule has 0 saturated carbocycles. The predicted octanol–water partition coefficient (Wildman–Crippen LogP) is 0.223. The Kier molecular flexibility index (Phi) is 1.81. The lowest BCUT2D eigenvalue weighted by Gasteiger charge is -1.89. The average molecular weight is 148 g/mol. The number of hydrogen-bond acceptors (Lipinski definition) is 3. The molecule has 0 radical (unpaired) electrons. The van der Waals surface area contributed by atoms with Gasteiger partial charge in [0.25, 0.3) is 11.3 Å². The monoisotopic (exact) mass is 148 g/mol. The van der Waals surface area contributed by atoms with Crippen molar-refractivity contribution in [2.24, 2.45) is 0 Å². The van der Waals surface area contributed by atoms with Gasteiger partial charge in [-0.3, -0.25) is 4.55 Å². The summed E-state index contributed by atoms with van der Waals surface area (Å²) in [6.07, 6.45) is 1.37. The van der Waals surface area contributed by atoms with Crippen molar-refractivity contribution in [1.29, 1.82) is 0 Å². The molecule has 0 amide bonds. The average Bonchev–Trinajstić information content (AvgIpc) is 2.15. The fourth-order valence-corrected chi connectivity index (χ4v) is 0.632. The zero-order valence-corrected chi connectivity index (χ0v) is 5.09. The van der Waals surface area contributed by atoms with Gasteiger partial charge in [-0.25, -0.2) is 8.93 Å². The molecule has 1 aromatic rings. The molecule has 1 unspecified atom stereocenters. The van der Waals surface area contributed by atoms with Crippen molar-refractivity contribution in [3.8, 4) is 0 Å². The Morgan fingerprint density at radius 1 is 1.89 bits per heavy atom. The largest absolute Gasteiger partial charge is 0.338 e. The van der Waals surface area contributed by atoms with Gasteiger partial charge in [0.15, 0.2) is 0 Å². The molecule has 5 nitrogen and oxygen atoms in total. The van der Waals surface area contributed by atoms with Crippen molar-refractivity contribution in [3.05, 3.63) is 12.3 Å². The fraction of sp³-hybridized carbons (Fsp3) is 0. The number of nitrogens with zero attached hydrogens (tertiary/aromatic N) is 1. The molecular formula is C3H4N2O3S. The smallest absolute Gasteiger partial charge is 0.261 e. The van der Waals surface area contributed by atoms with Crippen LogP contribution < -0.4 is 4.72 Å². The third-order valence-electron chi connectivity index (χ3n) is 0.626. The minimum atomic E-state index is -2.08. The van der Waals surface area contributed by atoms with Gasteiger partial charge in [0, 0.05) is 6.07 Å². The van der Waals surface area contributed by atoms with Gasteiger partial charge >= 0.3 is 0 Å². The molecule has 50 valence electrons. The van der Waals surface area contributed by atoms with Gasteiger partial charge in [0.1, 0.15) is 0 Å². The van der Waals surface area contributed by atoms with Crippen LogP contribution in [0.4, 0.5) is 5.88 Å². The highest BCUT2D eigenvalue weighted by atomic mass is 32.2. The van der Waals surface area contributed by atoms with E-state index < -0.39 is 11.3 Å². The van der Waals surface area contributed by atoms with Crippen LogP contribution in [-0.4, -0.2) is 13.9 Å². The standard InChI is InChI=1S/C3H4N2O3S/c6-9(7)5-3-1-2-4-8-3/h1-2,5H,(H,6,7). The van der Waals surface area contributed by atoms with Crippen LogP contribution >= 0.6 is 0 Å². The molecule has 6 heteroatoms. The number of hydrogen-bond donors (Lipinski definition) is 2. The maximum absolute atomic E-state index is 9.98. The molecule has 0 bridgehead atoms. The molecule has 0 fully saturated rings. The first-order chi connectivity index (χ1) is 4.29. The van der Waals surface area contributed by atoms with Crippen molar-refractivity contribution < 1.29 is 13.3 Å². The van der Waals surface area contributed by atoms with Gasteiger partial charge in [0.2, 0.25) is 5.88 Å². The summed E-state index contributed by atoms with van der Waals surface area (Å²) in [5, 5.41) is 3.29. The molecule has 0 saturated heterocycles. The summed E-state index contributed by atoms with van der Waals surface area (Å²) in [6.45, 7) is 0. The minimum absolute atomic E-state index is 0.177. The zero-order valence-electron chi connectivity index (χ0n) is 4.27. The van der Waals surface area contributed by atoms with Crippen LogP contribution in [0.3, 0.4) is 0 Å². The van der Waals surface area contributed by atoms with E-state index >= 15 is 0 Å². The quantitative estimate of drug-likeness (QED) is 0.588. The molecule has 0 aliphatic carbocycles. The second-order valence-corrected chi connectivity index (χ2v) is 1.93. The van der Waals surface area contributed by atoms with Crippen LogP contribution in [0.1, 0.15) is 0 Å². The third kappa shape index (κ3) is 1.82. The molecule has 1 aromatic heterocycles. The summed E-state index contributed by atoms with van der Waals surface area (Å²) in [4.78, 5) is 0. The van der Waals surface area contributed by atoms with Crippen molar-refractivity contribution in [3.63, 3.8) is 0 Å². The Balaban J connectivity index is 2.58. The van der Waals surface area contributed by atoms with Crippen molar-refractivity contribution >= 4 is 17.2 Å². The van der Waals surface area contributed by atoms with Gasteiger partial charge in [-0.05, 0) is 0 Å². The SMILES string of the molecule is O=S(O)Nc1ccno1. The Morgan fingerprint density at radius 2 is 2.67 bits per heavy atom. The molecule has 1 atom stereocenters. The van der Waals surface area contributed by atoms with Crippen molar-refractivity contribution in [1.82, 2.24) is 5.16 Å². The topological polar surface area (TPSA) is 75.4 Å². The number of anilines is 1. The van der Waals surface area contributed by atoms with Crippen LogP contribution in [0.2, 0.25) is 0 Å². The minimum Gasteiger partial charge on any atom is -0.338 e. The van der Waals surface area contributed by atoms with E-state index in [0.717, 1.165) is 0 Å². The van der Waals surface area contributed by atoms with E-state index in [0.29, 0.717) is 0 Å². The maximum atomic E-state index is 9.98. The molecule has 9 heavy (non-hydrogen) atoms. The highest BCUT2D eigenvalue weighted by Crippen LogP contribution is 2.02. The molecular weight excluding hydrogens is 144 g/mol. The second kappa shape index (κ2) is 2.60. The van der Waals surface area contributed by atoms with E-state index in [1.165, 1.54) is 12.3 Å². The second-order valence-electron chi connectivity index (χ2n) is 1.23. The number of nitrogens with one attached hydrogen (secondary N) is 1. The summed E-state index contributed by atoms with van der Waals surface area (Å²) >= 11 is -2.08. The van der Waals surface area contributed by atoms with E-state index in [4.69, 9.17) is 4.55 Å². The van der Waals surface area contributed by atoms with Crippen molar-refractivity contribution in [2.75, 3.05) is 4.72 Å². The first kappa shape index (κ1) is 6.24. The van der Waals surface area contributed by atoms with Gasteiger partial charge in [0.05, 0.1) is 6.20 Å². The first-order valence-corrected chi connectivity index (χ1v) is 3.18. The highest BCUT2D eigenvalue weighted by molar-refractivity contribution is 7.80. The molecule has 0 aliphatic heterocycles. The number of aromatic nitrogens is 1. The van der Waals surface area contributed by atoms with E-state index in [9.17, 15) is 4.21 Å². The Hall–Kier alpha value is -0.880. The highest BCUT2D eigenvalue weighted by Gasteiger charge is 1.96. The lowest BCUT2D eigenvalue weighted by Crippen LogP contribution is -1.99. The Bertz CT molecular complexity index is 197. The van der Waals surface area contributed by atoms with E-state index in [2.05, 4.69) is 14.4 Å². The van der Waals surface area contributed by atoms with Crippen LogP contribution in [0, 0.1) is 0 Å². The molecule has 0 aromatic carbocycles. The molecule has 1 rings (SSSR count). The lowest BCUT2D eigenvalue weighted by atomic mass is 10.7. The van der Waals surface area contributed by atoms with Crippen LogP contribution in [0.15, 0.2) is 16.8 Å². The molecule has 0 aliphatic rings. The fourth-order valence-electron chi connectivity index (χ4n) is 0.354. The molecule has 1 heterocycles. The van der Waals surface area contributed by atoms with Gasteiger partial charge < -0.3 is 4.52 Å². The zero-order chi connectivity index (χ0) is 6.69. The van der Waals surface area contributed by atoms with Crippen molar-refractivity contribution in [2.45, 2.75) is 0 Å². The Morgan fingerprint density at radius 3 is 3.11 bits per heavy atom. The van der Waals surface area contributed by atoms with Gasteiger partial charge in [-0.2, -0.15) is 0 Å². The molecule has 2 N–H and O–H groups in total. The van der Waals surface area contributed by atoms with Crippen LogP contribution in [0.25, 0.3) is 0 Å². The van der Waals surface area contributed by atoms with Crippen LogP contribution in [-0.2, 0) is 11.3 Å². The van der Waals surface area contributed by atoms with Gasteiger partial charge in [-0.15, -0.1) is 0 Å². The molecule has 0 spiro atoms. The lowest BCUT2D eigenvalue weighted by molar-refractivity contribution is 0.435. The number of rotatable bonds is 2.